The van der Waals surface area contributed by atoms with Crippen molar-refractivity contribution in [2.24, 2.45) is 23.2 Å². The molecule has 2 fully saturated rings. The van der Waals surface area contributed by atoms with Gasteiger partial charge in [0.05, 0.1) is 6.10 Å². The molecule has 1 aromatic rings. The van der Waals surface area contributed by atoms with Gasteiger partial charge < -0.3 is 4.43 Å². The minimum atomic E-state index is -1.74. The normalized spacial score (nSPS) is 26.9. The van der Waals surface area contributed by atoms with Crippen molar-refractivity contribution in [3.8, 4) is 0 Å². The molecular weight excluding hydrogens is 403 g/mol. The van der Waals surface area contributed by atoms with Crippen LogP contribution in [0.2, 0.25) is 28.2 Å². The van der Waals surface area contributed by atoms with Crippen LogP contribution >= 0.6 is 23.2 Å². The van der Waals surface area contributed by atoms with Crippen LogP contribution in [0, 0.1) is 30.1 Å². The number of halogens is 2. The van der Waals surface area contributed by atoms with Crippen LogP contribution in [0.4, 0.5) is 0 Å². The lowest BCUT2D eigenvalue weighted by Gasteiger charge is -2.35. The van der Waals surface area contributed by atoms with Gasteiger partial charge in [0.2, 0.25) is 0 Å². The number of fused-ring (bicyclic) bond motifs is 1. The van der Waals surface area contributed by atoms with Crippen molar-refractivity contribution in [1.82, 2.24) is 0 Å². The molecular formula is C24H38Cl2OSi. The number of hydrogen-bond acceptors (Lipinski definition) is 1. The van der Waals surface area contributed by atoms with Gasteiger partial charge in [0.25, 0.3) is 0 Å². The first-order valence-electron chi connectivity index (χ1n) is 11.3. The fourth-order valence-corrected chi connectivity index (χ4v) is 9.49. The molecule has 0 heterocycles. The highest BCUT2D eigenvalue weighted by atomic mass is 35.5. The van der Waals surface area contributed by atoms with Gasteiger partial charge in [0, 0.05) is 15.6 Å². The van der Waals surface area contributed by atoms with E-state index in [-0.39, 0.29) is 6.10 Å². The molecule has 0 saturated heterocycles. The number of hydrogen-bond donors (Lipinski definition) is 0. The summed E-state index contributed by atoms with van der Waals surface area (Å²) in [6.45, 7) is 13.8. The number of benzene rings is 1. The average molecular weight is 442 g/mol. The molecule has 4 heteroatoms. The highest BCUT2D eigenvalue weighted by molar-refractivity contribution is 6.73. The van der Waals surface area contributed by atoms with Crippen molar-refractivity contribution in [2.75, 3.05) is 0 Å². The molecule has 0 bridgehead atoms. The molecule has 4 atom stereocenters. The summed E-state index contributed by atoms with van der Waals surface area (Å²) in [6, 6.07) is 7.54. The van der Waals surface area contributed by atoms with Gasteiger partial charge in [-0.1, -0.05) is 57.8 Å². The first kappa shape index (κ1) is 22.7. The summed E-state index contributed by atoms with van der Waals surface area (Å²) < 4.78 is 6.98. The van der Waals surface area contributed by atoms with E-state index < -0.39 is 8.32 Å². The van der Waals surface area contributed by atoms with Gasteiger partial charge in [-0.05, 0) is 91.6 Å². The van der Waals surface area contributed by atoms with Crippen molar-refractivity contribution in [3.63, 3.8) is 0 Å². The van der Waals surface area contributed by atoms with Gasteiger partial charge in [-0.15, -0.1) is 0 Å². The van der Waals surface area contributed by atoms with Gasteiger partial charge in [-0.2, -0.15) is 0 Å². The first-order valence-corrected chi connectivity index (χ1v) is 14.6. The lowest BCUT2D eigenvalue weighted by molar-refractivity contribution is 0.165. The van der Waals surface area contributed by atoms with E-state index in [1.165, 1.54) is 19.3 Å². The van der Waals surface area contributed by atoms with E-state index >= 15 is 0 Å². The van der Waals surface area contributed by atoms with Crippen LogP contribution in [-0.2, 0) is 4.43 Å². The third kappa shape index (κ3) is 4.36. The van der Waals surface area contributed by atoms with Gasteiger partial charge in [-0.3, -0.25) is 0 Å². The van der Waals surface area contributed by atoms with Crippen molar-refractivity contribution in [1.29, 1.82) is 0 Å². The zero-order chi connectivity index (χ0) is 20.7. The summed E-state index contributed by atoms with van der Waals surface area (Å²) in [7, 11) is -1.74. The molecule has 2 unspecified atom stereocenters. The van der Waals surface area contributed by atoms with E-state index in [1.807, 2.05) is 19.1 Å². The van der Waals surface area contributed by atoms with Crippen molar-refractivity contribution in [2.45, 2.75) is 91.5 Å². The zero-order valence-corrected chi connectivity index (χ0v) is 21.1. The van der Waals surface area contributed by atoms with Gasteiger partial charge in [0.15, 0.2) is 8.32 Å². The molecule has 0 aromatic heterocycles. The Bertz CT molecular complexity index is 653. The fraction of sp³-hybridized carbons (Fsp3) is 0.750. The maximum Gasteiger partial charge on any atom is 0.192 e. The SMILES string of the molecule is CC[Si](CC)(CC)OC(CCC1C[C@@H]2[C@H](C1)C2(C)C)c1c(Cl)cc(C)cc1Cl. The zero-order valence-electron chi connectivity index (χ0n) is 18.6. The van der Waals surface area contributed by atoms with Crippen LogP contribution in [0.15, 0.2) is 12.1 Å². The highest BCUT2D eigenvalue weighted by Gasteiger charge is 2.61. The Labute approximate surface area is 183 Å². The second kappa shape index (κ2) is 8.61. The molecule has 0 aliphatic heterocycles. The Hall–Kier alpha value is -0.0231. The molecule has 2 aliphatic rings. The molecule has 0 radical (unpaired) electrons. The quantitative estimate of drug-likeness (QED) is 0.348. The second-order valence-corrected chi connectivity index (χ2v) is 15.5. The van der Waals surface area contributed by atoms with Crippen LogP contribution < -0.4 is 0 Å². The lowest BCUT2D eigenvalue weighted by Crippen LogP contribution is -2.37. The molecule has 0 amide bonds. The minimum Gasteiger partial charge on any atom is -0.410 e. The average Bonchev–Trinajstić information content (AvgIpc) is 2.99. The molecule has 158 valence electrons. The van der Waals surface area contributed by atoms with E-state index in [1.54, 1.807) is 0 Å². The minimum absolute atomic E-state index is 0.0389. The summed E-state index contributed by atoms with van der Waals surface area (Å²) in [4.78, 5) is 0. The summed E-state index contributed by atoms with van der Waals surface area (Å²) in [6.07, 6.45) is 5.12. The van der Waals surface area contributed by atoms with Crippen LogP contribution in [0.1, 0.15) is 77.5 Å². The number of aryl methyl sites for hydroxylation is 1. The molecule has 2 saturated carbocycles. The van der Waals surface area contributed by atoms with Crippen LogP contribution in [0.25, 0.3) is 0 Å². The van der Waals surface area contributed by atoms with Crippen molar-refractivity contribution in [3.05, 3.63) is 33.3 Å². The van der Waals surface area contributed by atoms with E-state index in [9.17, 15) is 0 Å². The summed E-state index contributed by atoms with van der Waals surface area (Å²) in [5.41, 5.74) is 2.75. The molecule has 2 aliphatic carbocycles. The van der Waals surface area contributed by atoms with Gasteiger partial charge >= 0.3 is 0 Å². The maximum absolute atomic E-state index is 6.98. The predicted molar refractivity (Wildman–Crippen MR) is 125 cm³/mol. The third-order valence-corrected chi connectivity index (χ3v) is 13.4. The van der Waals surface area contributed by atoms with Crippen molar-refractivity contribution >= 4 is 31.5 Å². The summed E-state index contributed by atoms with van der Waals surface area (Å²) >= 11 is 13.4. The van der Waals surface area contributed by atoms with Crippen molar-refractivity contribution < 1.29 is 4.43 Å². The number of rotatable bonds is 9. The topological polar surface area (TPSA) is 9.23 Å². The molecule has 3 rings (SSSR count). The Morgan fingerprint density at radius 2 is 1.54 bits per heavy atom. The van der Waals surface area contributed by atoms with Gasteiger partial charge in [-0.25, -0.2) is 0 Å². The lowest BCUT2D eigenvalue weighted by atomic mass is 9.88. The Morgan fingerprint density at radius 1 is 1.04 bits per heavy atom. The van der Waals surface area contributed by atoms with E-state index in [2.05, 4.69) is 34.6 Å². The molecule has 1 nitrogen and oxygen atoms in total. The monoisotopic (exact) mass is 440 g/mol. The largest absolute Gasteiger partial charge is 0.410 e. The molecule has 0 spiro atoms. The molecule has 0 N–H and O–H groups in total. The Morgan fingerprint density at radius 3 is 2.00 bits per heavy atom. The summed E-state index contributed by atoms with van der Waals surface area (Å²) in [5, 5.41) is 1.55. The Kier molecular flexibility index (Phi) is 6.97. The summed E-state index contributed by atoms with van der Waals surface area (Å²) in [5.74, 6) is 2.76. The smallest absolute Gasteiger partial charge is 0.192 e. The van der Waals surface area contributed by atoms with E-state index in [4.69, 9.17) is 27.6 Å². The van der Waals surface area contributed by atoms with Crippen LogP contribution in [0.3, 0.4) is 0 Å². The molecule has 1 aromatic carbocycles. The Balaban J connectivity index is 1.77. The standard InChI is InChI=1S/C24H38Cl2OSi/c1-7-28(8-2,9-3)27-22(23-20(25)12-16(4)13-21(23)26)11-10-17-14-18-19(15-17)24(18,5)6/h12-13,17-19,22H,7-11,14-15H2,1-6H3/t17?,18-,19+,22?. The molecule has 28 heavy (non-hydrogen) atoms. The second-order valence-electron chi connectivity index (χ2n) is 9.94. The predicted octanol–water partition coefficient (Wildman–Crippen LogP) is 8.83. The van der Waals surface area contributed by atoms with Crippen LogP contribution in [-0.4, -0.2) is 8.32 Å². The highest BCUT2D eigenvalue weighted by Crippen LogP contribution is 2.68. The third-order valence-electron chi connectivity index (χ3n) is 8.17. The van der Waals surface area contributed by atoms with E-state index in [0.717, 1.165) is 63.5 Å². The fourth-order valence-electron chi connectivity index (χ4n) is 5.81. The maximum atomic E-state index is 6.98. The van der Waals surface area contributed by atoms with Gasteiger partial charge in [0.1, 0.15) is 0 Å². The van der Waals surface area contributed by atoms with E-state index in [0.29, 0.717) is 5.41 Å². The van der Waals surface area contributed by atoms with Crippen LogP contribution in [0.5, 0.6) is 0 Å². The first-order chi connectivity index (χ1) is 13.2.